The molecule has 1 aromatic heterocycles. The average molecular weight is 466 g/mol. The molecule has 13 heteroatoms. The minimum absolute atomic E-state index is 0.429. The molecule has 1 aliphatic heterocycles. The minimum Gasteiger partial charge on any atom is -0.390 e. The van der Waals surface area contributed by atoms with Crippen molar-refractivity contribution in [2.24, 2.45) is 0 Å². The van der Waals surface area contributed by atoms with Gasteiger partial charge in [0.15, 0.2) is 0 Å². The van der Waals surface area contributed by atoms with Gasteiger partial charge in [0.05, 0.1) is 0 Å². The standard InChI is InChI=1S/C15H31NO8Si4/c1-7-20-28(14-8-9-15-10-12-16-13-11-15)23-26(5,19-3)22-27(6,24-28)21-25(4,17)18-2/h10-13,17H,7-9,14H2,1-6H3. The van der Waals surface area contributed by atoms with Crippen molar-refractivity contribution >= 4 is 35.2 Å². The monoisotopic (exact) mass is 465 g/mol. The second kappa shape index (κ2) is 9.67. The highest BCUT2D eigenvalue weighted by Gasteiger charge is 2.65. The molecular formula is C15H31NO8Si4. The van der Waals surface area contributed by atoms with E-state index in [0.717, 1.165) is 12.8 Å². The Morgan fingerprint density at radius 2 is 1.75 bits per heavy atom. The zero-order valence-corrected chi connectivity index (χ0v) is 21.4. The molecular weight excluding hydrogens is 435 g/mol. The van der Waals surface area contributed by atoms with Crippen molar-refractivity contribution in [3.63, 3.8) is 0 Å². The first-order chi connectivity index (χ1) is 13.1. The van der Waals surface area contributed by atoms with E-state index in [2.05, 4.69) is 4.98 Å². The van der Waals surface area contributed by atoms with Crippen molar-refractivity contribution < 1.29 is 34.5 Å². The van der Waals surface area contributed by atoms with E-state index in [4.69, 9.17) is 29.7 Å². The van der Waals surface area contributed by atoms with Crippen LogP contribution in [0.25, 0.3) is 0 Å². The zero-order valence-electron chi connectivity index (χ0n) is 17.4. The third-order valence-electron chi connectivity index (χ3n) is 4.24. The number of hydrogen-bond acceptors (Lipinski definition) is 9. The van der Waals surface area contributed by atoms with Crippen LogP contribution in [0.2, 0.25) is 25.7 Å². The summed E-state index contributed by atoms with van der Waals surface area (Å²) in [5.41, 5.74) is 1.18. The third-order valence-corrected chi connectivity index (χ3v) is 18.9. The predicted molar refractivity (Wildman–Crippen MR) is 110 cm³/mol. The third kappa shape index (κ3) is 6.61. The van der Waals surface area contributed by atoms with Gasteiger partial charge in [-0.2, -0.15) is 0 Å². The Balaban J connectivity index is 2.21. The molecule has 0 radical (unpaired) electrons. The molecule has 1 saturated heterocycles. The largest absolute Gasteiger partial charge is 0.487 e. The van der Waals surface area contributed by atoms with Gasteiger partial charge < -0.3 is 34.5 Å². The topological polar surface area (TPSA) is 97.7 Å². The Bertz CT molecular complexity index is 625. The van der Waals surface area contributed by atoms with Crippen LogP contribution in [0.15, 0.2) is 24.5 Å². The number of aromatic nitrogens is 1. The molecule has 0 spiro atoms. The first-order valence-electron chi connectivity index (χ1n) is 9.25. The van der Waals surface area contributed by atoms with E-state index in [9.17, 15) is 4.80 Å². The second-order valence-electron chi connectivity index (χ2n) is 6.76. The van der Waals surface area contributed by atoms with Crippen LogP contribution in [-0.4, -0.2) is 65.8 Å². The van der Waals surface area contributed by atoms with Crippen molar-refractivity contribution in [3.05, 3.63) is 30.1 Å². The second-order valence-corrected chi connectivity index (χ2v) is 18.2. The van der Waals surface area contributed by atoms with E-state index in [1.807, 2.05) is 19.1 Å². The molecule has 1 aromatic rings. The van der Waals surface area contributed by atoms with Crippen molar-refractivity contribution in [2.45, 2.75) is 45.5 Å². The maximum Gasteiger partial charge on any atom is 0.487 e. The number of hydrogen-bond donors (Lipinski definition) is 1. The van der Waals surface area contributed by atoms with Crippen LogP contribution in [0, 0.1) is 0 Å². The van der Waals surface area contributed by atoms with E-state index in [-0.39, 0.29) is 0 Å². The van der Waals surface area contributed by atoms with Gasteiger partial charge in [-0.1, -0.05) is 0 Å². The van der Waals surface area contributed by atoms with Gasteiger partial charge in [0.25, 0.3) is 0 Å². The number of nitrogens with zero attached hydrogens (tertiary/aromatic N) is 1. The van der Waals surface area contributed by atoms with Gasteiger partial charge in [0.2, 0.25) is 0 Å². The van der Waals surface area contributed by atoms with Crippen LogP contribution in [0.5, 0.6) is 0 Å². The molecule has 0 amide bonds. The van der Waals surface area contributed by atoms with E-state index < -0.39 is 35.2 Å². The SMILES string of the molecule is CCO[Si]1(CCCc2ccncc2)O[Si](C)(OC)O[Si](C)(O[Si](C)(O)OC)O1. The van der Waals surface area contributed by atoms with Crippen molar-refractivity contribution in [1.82, 2.24) is 4.98 Å². The Morgan fingerprint density at radius 1 is 1.11 bits per heavy atom. The lowest BCUT2D eigenvalue weighted by Crippen LogP contribution is -2.73. The maximum atomic E-state index is 10.4. The smallest absolute Gasteiger partial charge is 0.390 e. The number of aryl methyl sites for hydroxylation is 1. The lowest BCUT2D eigenvalue weighted by atomic mass is 10.2. The normalized spacial score (nSPS) is 32.8. The summed E-state index contributed by atoms with van der Waals surface area (Å²) in [6.07, 6.45) is 5.19. The van der Waals surface area contributed by atoms with Crippen molar-refractivity contribution in [1.29, 1.82) is 0 Å². The first kappa shape index (κ1) is 24.0. The van der Waals surface area contributed by atoms with Gasteiger partial charge >= 0.3 is 35.2 Å². The fraction of sp³-hybridized carbons (Fsp3) is 0.667. The van der Waals surface area contributed by atoms with Crippen LogP contribution in [-0.2, 0) is 36.2 Å². The highest BCUT2D eigenvalue weighted by atomic mass is 28.6. The van der Waals surface area contributed by atoms with Gasteiger partial charge in [0.1, 0.15) is 0 Å². The van der Waals surface area contributed by atoms with Crippen molar-refractivity contribution in [2.75, 3.05) is 20.8 Å². The van der Waals surface area contributed by atoms with E-state index >= 15 is 0 Å². The minimum atomic E-state index is -3.40. The highest BCUT2D eigenvalue weighted by molar-refractivity contribution is 6.90. The predicted octanol–water partition coefficient (Wildman–Crippen LogP) is 2.06. The molecule has 1 fully saturated rings. The maximum absolute atomic E-state index is 10.4. The molecule has 0 aliphatic carbocycles. The van der Waals surface area contributed by atoms with Gasteiger partial charge in [-0.15, -0.1) is 0 Å². The Labute approximate surface area is 171 Å². The summed E-state index contributed by atoms with van der Waals surface area (Å²) >= 11 is 0. The average Bonchev–Trinajstić information content (AvgIpc) is 2.61. The molecule has 28 heavy (non-hydrogen) atoms. The molecule has 0 aromatic carbocycles. The Hall–Kier alpha value is -0.302. The Kier molecular flexibility index (Phi) is 8.28. The molecule has 4 unspecified atom stereocenters. The van der Waals surface area contributed by atoms with Crippen LogP contribution < -0.4 is 0 Å². The summed E-state index contributed by atoms with van der Waals surface area (Å²) in [4.78, 5) is 14.4. The highest BCUT2D eigenvalue weighted by Crippen LogP contribution is 2.36. The quantitative estimate of drug-likeness (QED) is 0.521. The molecule has 0 bridgehead atoms. The number of rotatable bonds is 10. The van der Waals surface area contributed by atoms with Crippen LogP contribution in [0.4, 0.5) is 0 Å². The lowest BCUT2D eigenvalue weighted by Gasteiger charge is -2.48. The van der Waals surface area contributed by atoms with Gasteiger partial charge in [-0.05, 0) is 37.5 Å². The summed E-state index contributed by atoms with van der Waals surface area (Å²) in [5, 5.41) is 0. The van der Waals surface area contributed by atoms with Crippen molar-refractivity contribution in [3.8, 4) is 0 Å². The Morgan fingerprint density at radius 3 is 2.32 bits per heavy atom. The summed E-state index contributed by atoms with van der Waals surface area (Å²) in [6, 6.07) is 4.55. The molecule has 2 heterocycles. The van der Waals surface area contributed by atoms with E-state index in [1.165, 1.54) is 19.2 Å². The molecule has 4 atom stereocenters. The van der Waals surface area contributed by atoms with Gasteiger partial charge in [-0.3, -0.25) is 4.98 Å². The summed E-state index contributed by atoms with van der Waals surface area (Å²) < 4.78 is 41.2. The molecule has 2 rings (SSSR count). The fourth-order valence-electron chi connectivity index (χ4n) is 2.99. The van der Waals surface area contributed by atoms with Crippen LogP contribution in [0.3, 0.4) is 0 Å². The fourth-order valence-corrected chi connectivity index (χ4v) is 19.1. The number of pyridine rings is 1. The molecule has 160 valence electrons. The molecule has 1 N–H and O–H groups in total. The zero-order chi connectivity index (χ0) is 20.9. The lowest BCUT2D eigenvalue weighted by molar-refractivity contribution is 0.0351. The molecule has 9 nitrogen and oxygen atoms in total. The van der Waals surface area contributed by atoms with Gasteiger partial charge in [-0.25, -0.2) is 0 Å². The molecule has 0 saturated carbocycles. The first-order valence-corrected chi connectivity index (χ1v) is 17.9. The van der Waals surface area contributed by atoms with Crippen LogP contribution in [0.1, 0.15) is 18.9 Å². The summed E-state index contributed by atoms with van der Waals surface area (Å²) in [6.45, 7) is 7.36. The summed E-state index contributed by atoms with van der Waals surface area (Å²) in [7, 11) is -10.0. The molecule has 1 aliphatic rings. The summed E-state index contributed by atoms with van der Waals surface area (Å²) in [5.74, 6) is 0. The van der Waals surface area contributed by atoms with Crippen LogP contribution >= 0.6 is 0 Å². The van der Waals surface area contributed by atoms with E-state index in [0.29, 0.717) is 12.7 Å². The van der Waals surface area contributed by atoms with E-state index in [1.54, 1.807) is 32.6 Å². The van der Waals surface area contributed by atoms with Gasteiger partial charge in [0, 0.05) is 58.9 Å².